The van der Waals surface area contributed by atoms with E-state index in [1.54, 1.807) is 18.2 Å². The van der Waals surface area contributed by atoms with Crippen molar-refractivity contribution < 1.29 is 28.9 Å². The quantitative estimate of drug-likeness (QED) is 0.354. The van der Waals surface area contributed by atoms with Gasteiger partial charge in [-0.3, -0.25) is 9.59 Å². The Balaban J connectivity index is 1.70. The number of benzene rings is 3. The van der Waals surface area contributed by atoms with Crippen molar-refractivity contribution in [2.75, 3.05) is 0 Å². The zero-order valence-electron chi connectivity index (χ0n) is 20.1. The van der Waals surface area contributed by atoms with Crippen molar-refractivity contribution >= 4 is 35.0 Å². The smallest absolute Gasteiger partial charge is 0.303 e. The fraction of sp³-hybridized carbons (Fsp3) is 0.241. The first kappa shape index (κ1) is 27.0. The molecule has 0 aliphatic heterocycles. The number of ketones is 1. The fourth-order valence-corrected chi connectivity index (χ4v) is 4.53. The van der Waals surface area contributed by atoms with Crippen molar-refractivity contribution in [3.05, 3.63) is 117 Å². The molecule has 0 amide bonds. The van der Waals surface area contributed by atoms with Crippen LogP contribution >= 0.6 is 23.2 Å². The van der Waals surface area contributed by atoms with E-state index in [9.17, 15) is 14.7 Å². The molecular weight excluding hydrogens is 515 g/mol. The average molecular weight is 541 g/mol. The SMILES string of the molecule is CC(=O)O[C@@H]1C(=O)C([C@@H](O)c2cccc(Cl)c2Cl)=C[C@H](OCc2ccccc2)[C@H]1OCc1ccccc1. The Labute approximate surface area is 225 Å². The normalized spacial score (nSPS) is 20.3. The van der Waals surface area contributed by atoms with E-state index in [4.69, 9.17) is 37.4 Å². The number of Topliss-reactive ketones (excluding diaryl/α,β-unsaturated/α-hetero) is 1. The van der Waals surface area contributed by atoms with Crippen LogP contribution in [-0.2, 0) is 37.0 Å². The first-order valence-electron chi connectivity index (χ1n) is 11.7. The first-order valence-corrected chi connectivity index (χ1v) is 12.5. The summed E-state index contributed by atoms with van der Waals surface area (Å²) in [6.45, 7) is 1.58. The van der Waals surface area contributed by atoms with Gasteiger partial charge >= 0.3 is 5.97 Å². The van der Waals surface area contributed by atoms with Gasteiger partial charge in [0, 0.05) is 18.1 Å². The van der Waals surface area contributed by atoms with Gasteiger partial charge in [-0.1, -0.05) is 96.0 Å². The number of hydrogen-bond donors (Lipinski definition) is 1. The lowest BCUT2D eigenvalue weighted by Gasteiger charge is -2.36. The second kappa shape index (κ2) is 12.5. The van der Waals surface area contributed by atoms with Gasteiger partial charge in [-0.2, -0.15) is 0 Å². The van der Waals surface area contributed by atoms with Gasteiger partial charge in [-0.05, 0) is 23.3 Å². The van der Waals surface area contributed by atoms with Crippen LogP contribution < -0.4 is 0 Å². The molecule has 0 bridgehead atoms. The number of halogens is 2. The van der Waals surface area contributed by atoms with Crippen LogP contribution in [0.15, 0.2) is 90.5 Å². The van der Waals surface area contributed by atoms with Gasteiger partial charge in [0.1, 0.15) is 18.3 Å². The van der Waals surface area contributed by atoms with Crippen molar-refractivity contribution in [2.24, 2.45) is 0 Å². The molecule has 0 fully saturated rings. The Bertz CT molecular complexity index is 1260. The second-order valence-electron chi connectivity index (χ2n) is 8.58. The van der Waals surface area contributed by atoms with Crippen molar-refractivity contribution in [3.63, 3.8) is 0 Å². The monoisotopic (exact) mass is 540 g/mol. The first-order chi connectivity index (χ1) is 17.8. The maximum Gasteiger partial charge on any atom is 0.303 e. The summed E-state index contributed by atoms with van der Waals surface area (Å²) in [6.07, 6.45) is -3.02. The summed E-state index contributed by atoms with van der Waals surface area (Å²) in [7, 11) is 0. The number of ether oxygens (including phenoxy) is 3. The van der Waals surface area contributed by atoms with Crippen LogP contribution in [0.25, 0.3) is 0 Å². The number of aliphatic hydroxyl groups excluding tert-OH is 1. The minimum absolute atomic E-state index is 0.0203. The molecule has 1 aliphatic carbocycles. The molecule has 0 unspecified atom stereocenters. The van der Waals surface area contributed by atoms with E-state index in [2.05, 4.69) is 0 Å². The standard InChI is InChI=1S/C29H26Cl2O6/c1-18(32)37-29-27(34)22(26(33)21-13-8-14-23(30)25(21)31)15-24(35-16-19-9-4-2-5-10-19)28(29)36-17-20-11-6-3-7-12-20/h2-15,24,26,28-29,33H,16-17H2,1H3/t24-,26-,28+,29+/m0/s1. The molecule has 0 saturated carbocycles. The average Bonchev–Trinajstić information content (AvgIpc) is 2.90. The number of hydrogen-bond acceptors (Lipinski definition) is 6. The zero-order valence-corrected chi connectivity index (χ0v) is 21.6. The minimum atomic E-state index is -1.42. The van der Waals surface area contributed by atoms with Crippen LogP contribution in [0.1, 0.15) is 29.7 Å². The summed E-state index contributed by atoms with van der Waals surface area (Å²) in [5.41, 5.74) is 2.01. The van der Waals surface area contributed by atoms with Crippen LogP contribution in [0.4, 0.5) is 0 Å². The number of carbonyl (C=O) groups is 2. The van der Waals surface area contributed by atoms with E-state index in [1.807, 2.05) is 60.7 Å². The van der Waals surface area contributed by atoms with Crippen molar-refractivity contribution in [2.45, 2.75) is 44.6 Å². The summed E-state index contributed by atoms with van der Waals surface area (Å²) >= 11 is 12.5. The molecule has 0 heterocycles. The van der Waals surface area contributed by atoms with Gasteiger partial charge in [0.05, 0.1) is 23.3 Å². The predicted molar refractivity (Wildman–Crippen MR) is 140 cm³/mol. The predicted octanol–water partition coefficient (Wildman–Crippen LogP) is 5.64. The van der Waals surface area contributed by atoms with Gasteiger partial charge in [-0.25, -0.2) is 0 Å². The molecule has 1 aliphatic rings. The summed E-state index contributed by atoms with van der Waals surface area (Å²) in [5, 5.41) is 11.6. The maximum atomic E-state index is 13.6. The van der Waals surface area contributed by atoms with E-state index in [0.717, 1.165) is 11.1 Å². The molecule has 0 aromatic heterocycles. The fourth-order valence-electron chi connectivity index (χ4n) is 4.12. The highest BCUT2D eigenvalue weighted by Gasteiger charge is 2.45. The second-order valence-corrected chi connectivity index (χ2v) is 9.37. The van der Waals surface area contributed by atoms with Crippen LogP contribution in [0, 0.1) is 0 Å². The lowest BCUT2D eigenvalue weighted by atomic mass is 9.85. The van der Waals surface area contributed by atoms with Crippen LogP contribution in [0.5, 0.6) is 0 Å². The summed E-state index contributed by atoms with van der Waals surface area (Å²) in [4.78, 5) is 25.6. The Morgan fingerprint density at radius 1 is 0.892 bits per heavy atom. The highest BCUT2D eigenvalue weighted by molar-refractivity contribution is 6.42. The minimum Gasteiger partial charge on any atom is -0.451 e. The van der Waals surface area contributed by atoms with Crippen LogP contribution in [0.3, 0.4) is 0 Å². The molecule has 0 radical (unpaired) electrons. The summed E-state index contributed by atoms with van der Waals surface area (Å²) < 4.78 is 17.8. The van der Waals surface area contributed by atoms with E-state index >= 15 is 0 Å². The van der Waals surface area contributed by atoms with Crippen LogP contribution in [-0.4, -0.2) is 35.2 Å². The molecule has 4 rings (SSSR count). The number of carbonyl (C=O) groups excluding carboxylic acids is 2. The molecular formula is C29H26Cl2O6. The van der Waals surface area contributed by atoms with E-state index < -0.39 is 36.2 Å². The lowest BCUT2D eigenvalue weighted by Crippen LogP contribution is -2.51. The largest absolute Gasteiger partial charge is 0.451 e. The highest BCUT2D eigenvalue weighted by atomic mass is 35.5. The van der Waals surface area contributed by atoms with Crippen molar-refractivity contribution in [3.8, 4) is 0 Å². The lowest BCUT2D eigenvalue weighted by molar-refractivity contribution is -0.174. The molecule has 4 atom stereocenters. The van der Waals surface area contributed by atoms with E-state index in [0.29, 0.717) is 0 Å². The third-order valence-electron chi connectivity index (χ3n) is 5.94. The third-order valence-corrected chi connectivity index (χ3v) is 6.78. The van der Waals surface area contributed by atoms with Gasteiger partial charge < -0.3 is 19.3 Å². The Morgan fingerprint density at radius 2 is 1.49 bits per heavy atom. The Morgan fingerprint density at radius 3 is 2.08 bits per heavy atom. The molecule has 6 nitrogen and oxygen atoms in total. The van der Waals surface area contributed by atoms with Crippen LogP contribution in [0.2, 0.25) is 10.0 Å². The van der Waals surface area contributed by atoms with Gasteiger partial charge in [0.25, 0.3) is 0 Å². The maximum absolute atomic E-state index is 13.6. The number of rotatable bonds is 9. The molecule has 192 valence electrons. The Kier molecular flexibility index (Phi) is 9.14. The molecule has 0 spiro atoms. The van der Waals surface area contributed by atoms with E-state index in [1.165, 1.54) is 13.0 Å². The highest BCUT2D eigenvalue weighted by Crippen LogP contribution is 2.37. The summed E-state index contributed by atoms with van der Waals surface area (Å²) in [5.74, 6) is -1.26. The van der Waals surface area contributed by atoms with Gasteiger partial charge in [0.2, 0.25) is 5.78 Å². The van der Waals surface area contributed by atoms with E-state index in [-0.39, 0.29) is 34.4 Å². The van der Waals surface area contributed by atoms with Gasteiger partial charge in [0.15, 0.2) is 6.10 Å². The molecule has 1 N–H and O–H groups in total. The molecule has 3 aromatic carbocycles. The third kappa shape index (κ3) is 6.66. The van der Waals surface area contributed by atoms with Gasteiger partial charge in [-0.15, -0.1) is 0 Å². The molecule has 3 aromatic rings. The Hall–Kier alpha value is -3.00. The number of aliphatic hydroxyl groups is 1. The summed E-state index contributed by atoms with van der Waals surface area (Å²) in [6, 6.07) is 23.7. The molecule has 8 heteroatoms. The zero-order chi connectivity index (χ0) is 26.4. The molecule has 37 heavy (non-hydrogen) atoms. The topological polar surface area (TPSA) is 82.1 Å². The van der Waals surface area contributed by atoms with Crippen molar-refractivity contribution in [1.82, 2.24) is 0 Å². The van der Waals surface area contributed by atoms with Crippen molar-refractivity contribution in [1.29, 1.82) is 0 Å². The number of esters is 1. The molecule has 0 saturated heterocycles.